The van der Waals surface area contributed by atoms with Crippen molar-refractivity contribution in [2.45, 2.75) is 38.8 Å². The van der Waals surface area contributed by atoms with Crippen molar-refractivity contribution in [2.75, 3.05) is 0 Å². The van der Waals surface area contributed by atoms with Crippen LogP contribution in [-0.2, 0) is 4.79 Å². The Hall–Kier alpha value is -2.12. The number of rotatable bonds is 5. The summed E-state index contributed by atoms with van der Waals surface area (Å²) in [7, 11) is 0. The molecule has 1 aromatic heterocycles. The highest BCUT2D eigenvalue weighted by molar-refractivity contribution is 5.76. The summed E-state index contributed by atoms with van der Waals surface area (Å²) in [6.45, 7) is 5.02. The van der Waals surface area contributed by atoms with Gasteiger partial charge in [-0.3, -0.25) is 9.89 Å². The Balaban J connectivity index is 2.49. The lowest BCUT2D eigenvalue weighted by atomic mass is 10.0. The fraction of sp³-hybridized carbons (Fsp3) is 0.600. The van der Waals surface area contributed by atoms with E-state index in [2.05, 4.69) is 25.8 Å². The molecule has 0 spiro atoms. The topological polar surface area (TPSA) is 120 Å². The second kappa shape index (κ2) is 5.48. The molecule has 8 heteroatoms. The maximum atomic E-state index is 11.7. The summed E-state index contributed by atoms with van der Waals surface area (Å²) in [6, 6.07) is -0.793. The molecule has 0 saturated carbocycles. The van der Waals surface area contributed by atoms with Crippen LogP contribution in [0.3, 0.4) is 0 Å². The van der Waals surface area contributed by atoms with E-state index in [1.54, 1.807) is 20.8 Å². The van der Waals surface area contributed by atoms with Gasteiger partial charge in [-0.15, -0.1) is 0 Å². The molecule has 18 heavy (non-hydrogen) atoms. The smallest absolute Gasteiger partial charge is 0.315 e. The van der Waals surface area contributed by atoms with E-state index in [1.807, 2.05) is 0 Å². The molecular weight excluding hydrogens is 238 g/mol. The molecule has 100 valence electrons. The SMILES string of the molecule is CC(NC(=O)NC(C)(C)CC(=O)O)c1ncn[nH]1. The lowest BCUT2D eigenvalue weighted by Crippen LogP contribution is -2.49. The highest BCUT2D eigenvalue weighted by atomic mass is 16.4. The van der Waals surface area contributed by atoms with Gasteiger partial charge >= 0.3 is 12.0 Å². The average molecular weight is 255 g/mol. The van der Waals surface area contributed by atoms with Crippen molar-refractivity contribution in [3.05, 3.63) is 12.2 Å². The molecule has 1 aromatic rings. The van der Waals surface area contributed by atoms with E-state index < -0.39 is 17.5 Å². The third-order valence-corrected chi connectivity index (χ3v) is 2.24. The lowest BCUT2D eigenvalue weighted by molar-refractivity contribution is -0.138. The van der Waals surface area contributed by atoms with Gasteiger partial charge in [0.1, 0.15) is 12.2 Å². The first-order valence-electron chi connectivity index (χ1n) is 5.46. The van der Waals surface area contributed by atoms with Gasteiger partial charge in [-0.25, -0.2) is 9.78 Å². The number of aromatic nitrogens is 3. The molecule has 2 amide bonds. The summed E-state index contributed by atoms with van der Waals surface area (Å²) in [6.07, 6.45) is 1.19. The van der Waals surface area contributed by atoms with Crippen LogP contribution in [0.4, 0.5) is 4.79 Å². The number of hydrogen-bond acceptors (Lipinski definition) is 4. The number of carbonyl (C=O) groups excluding carboxylic acids is 1. The lowest BCUT2D eigenvalue weighted by Gasteiger charge is -2.25. The number of urea groups is 1. The van der Waals surface area contributed by atoms with Crippen LogP contribution in [0.1, 0.15) is 39.1 Å². The Morgan fingerprint density at radius 1 is 1.56 bits per heavy atom. The van der Waals surface area contributed by atoms with E-state index in [1.165, 1.54) is 6.33 Å². The molecule has 0 aliphatic rings. The largest absolute Gasteiger partial charge is 0.481 e. The summed E-state index contributed by atoms with van der Waals surface area (Å²) >= 11 is 0. The van der Waals surface area contributed by atoms with Gasteiger partial charge < -0.3 is 15.7 Å². The van der Waals surface area contributed by atoms with Crippen LogP contribution in [0.15, 0.2) is 6.33 Å². The zero-order valence-electron chi connectivity index (χ0n) is 10.5. The Morgan fingerprint density at radius 2 is 2.22 bits per heavy atom. The van der Waals surface area contributed by atoms with E-state index in [0.717, 1.165) is 0 Å². The molecule has 0 bridgehead atoms. The monoisotopic (exact) mass is 255 g/mol. The van der Waals surface area contributed by atoms with Gasteiger partial charge in [-0.1, -0.05) is 0 Å². The van der Waals surface area contributed by atoms with E-state index in [9.17, 15) is 9.59 Å². The van der Waals surface area contributed by atoms with Gasteiger partial charge in [0.05, 0.1) is 12.5 Å². The highest BCUT2D eigenvalue weighted by Crippen LogP contribution is 2.09. The van der Waals surface area contributed by atoms with Crippen LogP contribution >= 0.6 is 0 Å². The van der Waals surface area contributed by atoms with E-state index in [4.69, 9.17) is 5.11 Å². The van der Waals surface area contributed by atoms with Gasteiger partial charge in [-0.2, -0.15) is 5.10 Å². The van der Waals surface area contributed by atoms with Crippen LogP contribution in [0.2, 0.25) is 0 Å². The molecule has 0 fully saturated rings. The van der Waals surface area contributed by atoms with Crippen LogP contribution in [-0.4, -0.2) is 37.8 Å². The van der Waals surface area contributed by atoms with Crippen molar-refractivity contribution in [3.8, 4) is 0 Å². The number of aliphatic carboxylic acids is 1. The standard InChI is InChI=1S/C10H17N5O3/c1-6(8-11-5-12-15-8)13-9(18)14-10(2,3)4-7(16)17/h5-6H,4H2,1-3H3,(H,16,17)(H,11,12,15)(H2,13,14,18). The second-order valence-corrected chi connectivity index (χ2v) is 4.65. The zero-order valence-corrected chi connectivity index (χ0v) is 10.5. The number of amides is 2. The van der Waals surface area contributed by atoms with Crippen LogP contribution in [0, 0.1) is 0 Å². The number of aromatic amines is 1. The third-order valence-electron chi connectivity index (χ3n) is 2.24. The number of carboxylic acids is 1. The molecule has 0 radical (unpaired) electrons. The van der Waals surface area contributed by atoms with Crippen LogP contribution in [0.25, 0.3) is 0 Å². The number of H-pyrrole nitrogens is 1. The van der Waals surface area contributed by atoms with Crippen molar-refractivity contribution in [1.82, 2.24) is 25.8 Å². The van der Waals surface area contributed by atoms with Gasteiger partial charge in [0.2, 0.25) is 0 Å². The van der Waals surface area contributed by atoms with E-state index in [0.29, 0.717) is 5.82 Å². The van der Waals surface area contributed by atoms with Crippen molar-refractivity contribution < 1.29 is 14.7 Å². The summed E-state index contributed by atoms with van der Waals surface area (Å²) in [5.74, 6) is -0.440. The maximum Gasteiger partial charge on any atom is 0.315 e. The molecule has 1 unspecified atom stereocenters. The summed E-state index contributed by atoms with van der Waals surface area (Å²) < 4.78 is 0. The minimum atomic E-state index is -0.969. The summed E-state index contributed by atoms with van der Waals surface area (Å²) in [4.78, 5) is 26.2. The minimum absolute atomic E-state index is 0.156. The Bertz CT molecular complexity index is 415. The quantitative estimate of drug-likeness (QED) is 0.607. The minimum Gasteiger partial charge on any atom is -0.481 e. The molecule has 1 rings (SSSR count). The fourth-order valence-corrected chi connectivity index (χ4v) is 1.45. The van der Waals surface area contributed by atoms with E-state index in [-0.39, 0.29) is 12.5 Å². The van der Waals surface area contributed by atoms with Gasteiger partial charge in [-0.05, 0) is 20.8 Å². The zero-order chi connectivity index (χ0) is 13.8. The Morgan fingerprint density at radius 3 is 2.72 bits per heavy atom. The van der Waals surface area contributed by atoms with Crippen molar-refractivity contribution in [2.24, 2.45) is 0 Å². The molecule has 1 atom stereocenters. The highest BCUT2D eigenvalue weighted by Gasteiger charge is 2.24. The molecule has 0 aliphatic carbocycles. The average Bonchev–Trinajstić information content (AvgIpc) is 2.65. The molecule has 8 nitrogen and oxygen atoms in total. The normalized spacial score (nSPS) is 12.8. The van der Waals surface area contributed by atoms with Crippen molar-refractivity contribution in [1.29, 1.82) is 0 Å². The van der Waals surface area contributed by atoms with Crippen LogP contribution in [0.5, 0.6) is 0 Å². The van der Waals surface area contributed by atoms with Gasteiger partial charge in [0.15, 0.2) is 0 Å². The molecule has 4 N–H and O–H groups in total. The first kappa shape index (κ1) is 13.9. The Kier molecular flexibility index (Phi) is 4.24. The molecular formula is C10H17N5O3. The van der Waals surface area contributed by atoms with Gasteiger partial charge in [0.25, 0.3) is 0 Å². The molecule has 0 saturated heterocycles. The number of carbonyl (C=O) groups is 2. The fourth-order valence-electron chi connectivity index (χ4n) is 1.45. The number of nitrogens with zero attached hydrogens (tertiary/aromatic N) is 2. The Labute approximate surface area is 104 Å². The first-order chi connectivity index (χ1) is 8.30. The second-order valence-electron chi connectivity index (χ2n) is 4.65. The van der Waals surface area contributed by atoms with Crippen LogP contribution < -0.4 is 10.6 Å². The predicted octanol–water partition coefficient (Wildman–Crippen LogP) is 0.418. The molecule has 0 aromatic carbocycles. The van der Waals surface area contributed by atoms with Gasteiger partial charge in [0, 0.05) is 5.54 Å². The predicted molar refractivity (Wildman–Crippen MR) is 62.8 cm³/mol. The number of carboxylic acid groups (broad SMARTS) is 1. The maximum absolute atomic E-state index is 11.7. The first-order valence-corrected chi connectivity index (χ1v) is 5.46. The number of hydrogen-bond donors (Lipinski definition) is 4. The van der Waals surface area contributed by atoms with Crippen molar-refractivity contribution >= 4 is 12.0 Å². The summed E-state index contributed by atoms with van der Waals surface area (Å²) in [5, 5.41) is 20.2. The van der Waals surface area contributed by atoms with Crippen molar-refractivity contribution in [3.63, 3.8) is 0 Å². The molecule has 1 heterocycles. The third kappa shape index (κ3) is 4.40. The summed E-state index contributed by atoms with van der Waals surface area (Å²) in [5.41, 5.74) is -0.822. The van der Waals surface area contributed by atoms with E-state index >= 15 is 0 Å². The molecule has 0 aliphatic heterocycles. The number of nitrogens with one attached hydrogen (secondary N) is 3.